The summed E-state index contributed by atoms with van der Waals surface area (Å²) in [6.45, 7) is 4.51. The van der Waals surface area contributed by atoms with Crippen molar-refractivity contribution in [3.8, 4) is 38.7 Å². The number of phenols is 1. The van der Waals surface area contributed by atoms with Crippen molar-refractivity contribution < 1.29 is 26.2 Å². The van der Waals surface area contributed by atoms with Crippen LogP contribution in [-0.4, -0.2) is 15.1 Å². The van der Waals surface area contributed by atoms with Gasteiger partial charge in [-0.2, -0.15) is 0 Å². The van der Waals surface area contributed by atoms with Crippen LogP contribution in [0.1, 0.15) is 25.0 Å². The van der Waals surface area contributed by atoms with Crippen LogP contribution in [0, 0.1) is 6.07 Å². The molecule has 0 radical (unpaired) electrons. The maximum absolute atomic E-state index is 10.4. The standard InChI is InChI=1S/C33H25N2OS.Pt/c1-33(2,24-11-4-3-5-12-24)25-20-22(19-23(21-25)28-15-8-9-18-34-28)26-14-10-17-30-31(26)35-32(37-30)27-13-6-7-16-29(27)36;/h3-18,20-21,36H,1-2H3;/q-1;. The van der Waals surface area contributed by atoms with Gasteiger partial charge < -0.3 is 5.11 Å². The SMILES string of the molecule is CC(C)(c1ccccc1)c1cc(-c2ccccn2)[c-]c(-c2cccc3sc(-c4ccccc4O)nc23)c1.[Pt]. The number of rotatable bonds is 5. The van der Waals surface area contributed by atoms with Crippen LogP contribution in [0.2, 0.25) is 0 Å². The van der Waals surface area contributed by atoms with Crippen LogP contribution in [0.5, 0.6) is 5.75 Å². The Morgan fingerprint density at radius 3 is 2.21 bits per heavy atom. The van der Waals surface area contributed by atoms with Crippen LogP contribution in [0.25, 0.3) is 43.2 Å². The van der Waals surface area contributed by atoms with Crippen LogP contribution >= 0.6 is 11.3 Å². The van der Waals surface area contributed by atoms with Crippen LogP contribution in [0.3, 0.4) is 0 Å². The molecule has 0 aliphatic carbocycles. The topological polar surface area (TPSA) is 46.0 Å². The smallest absolute Gasteiger partial charge is 0.127 e. The zero-order valence-electron chi connectivity index (χ0n) is 21.0. The minimum absolute atomic E-state index is 0. The van der Waals surface area contributed by atoms with E-state index in [1.165, 1.54) is 11.1 Å². The monoisotopic (exact) mass is 692 g/mol. The van der Waals surface area contributed by atoms with Crippen molar-refractivity contribution in [3.05, 3.63) is 127 Å². The molecule has 1 N–H and O–H groups in total. The Hall–Kier alpha value is -3.59. The number of phenolic OH excluding ortho intramolecular Hbond substituents is 1. The van der Waals surface area contributed by atoms with E-state index in [4.69, 9.17) is 4.98 Å². The number of thiazole rings is 1. The molecule has 3 nitrogen and oxygen atoms in total. The van der Waals surface area contributed by atoms with Gasteiger partial charge >= 0.3 is 0 Å². The average molecular weight is 693 g/mol. The Kier molecular flexibility index (Phi) is 7.29. The van der Waals surface area contributed by atoms with E-state index in [1.807, 2.05) is 48.7 Å². The van der Waals surface area contributed by atoms with Crippen molar-refractivity contribution in [2.24, 2.45) is 0 Å². The maximum atomic E-state index is 10.4. The van der Waals surface area contributed by atoms with E-state index in [1.54, 1.807) is 17.4 Å². The Labute approximate surface area is 241 Å². The van der Waals surface area contributed by atoms with E-state index in [-0.39, 0.29) is 32.2 Å². The molecule has 0 saturated carbocycles. The maximum Gasteiger partial charge on any atom is 0.127 e. The summed E-state index contributed by atoms with van der Waals surface area (Å²) in [7, 11) is 0. The predicted octanol–water partition coefficient (Wildman–Crippen LogP) is 8.52. The molecule has 0 spiro atoms. The fraction of sp³-hybridized carbons (Fsp3) is 0.0909. The first-order valence-electron chi connectivity index (χ1n) is 12.2. The van der Waals surface area contributed by atoms with Gasteiger partial charge in [0.25, 0.3) is 0 Å². The summed E-state index contributed by atoms with van der Waals surface area (Å²) >= 11 is 1.58. The molecule has 2 aromatic heterocycles. The van der Waals surface area contributed by atoms with E-state index >= 15 is 0 Å². The van der Waals surface area contributed by atoms with Crippen LogP contribution in [0.4, 0.5) is 0 Å². The average Bonchev–Trinajstić information content (AvgIpc) is 3.38. The molecule has 0 aliphatic rings. The van der Waals surface area contributed by atoms with Gasteiger partial charge in [0.05, 0.1) is 11.1 Å². The predicted molar refractivity (Wildman–Crippen MR) is 153 cm³/mol. The summed E-state index contributed by atoms with van der Waals surface area (Å²) in [4.78, 5) is 9.62. The first-order valence-corrected chi connectivity index (χ1v) is 13.1. The largest absolute Gasteiger partial charge is 0.507 e. The Bertz CT molecular complexity index is 1710. The van der Waals surface area contributed by atoms with Gasteiger partial charge in [-0.25, -0.2) is 4.98 Å². The number of pyridine rings is 1. The minimum Gasteiger partial charge on any atom is -0.507 e. The van der Waals surface area contributed by atoms with E-state index in [2.05, 4.69) is 79.5 Å². The van der Waals surface area contributed by atoms with Gasteiger partial charge in [-0.15, -0.1) is 40.7 Å². The summed E-state index contributed by atoms with van der Waals surface area (Å²) in [5, 5.41) is 11.2. The quantitative estimate of drug-likeness (QED) is 0.184. The van der Waals surface area contributed by atoms with Crippen molar-refractivity contribution in [2.45, 2.75) is 19.3 Å². The van der Waals surface area contributed by atoms with Gasteiger partial charge in [-0.05, 0) is 29.8 Å². The number of hydrogen-bond acceptors (Lipinski definition) is 4. The number of benzene rings is 4. The minimum atomic E-state index is -0.231. The number of nitrogens with zero attached hydrogens (tertiary/aromatic N) is 2. The first-order chi connectivity index (χ1) is 18.0. The van der Waals surface area contributed by atoms with E-state index < -0.39 is 0 Å². The van der Waals surface area contributed by atoms with Crippen molar-refractivity contribution in [1.82, 2.24) is 9.97 Å². The molecule has 2 heterocycles. The third kappa shape index (κ3) is 4.82. The Morgan fingerprint density at radius 2 is 1.45 bits per heavy atom. The van der Waals surface area contributed by atoms with Crippen molar-refractivity contribution in [2.75, 3.05) is 0 Å². The first kappa shape index (κ1) is 26.0. The van der Waals surface area contributed by atoms with Gasteiger partial charge in [-0.3, -0.25) is 4.98 Å². The van der Waals surface area contributed by atoms with Gasteiger partial charge in [0, 0.05) is 43.1 Å². The molecule has 6 aromatic rings. The third-order valence-corrected chi connectivity index (χ3v) is 7.92. The van der Waals surface area contributed by atoms with E-state index in [0.717, 1.165) is 43.2 Å². The third-order valence-electron chi connectivity index (χ3n) is 6.87. The number of aromatic nitrogens is 2. The van der Waals surface area contributed by atoms with Crippen LogP contribution < -0.4 is 0 Å². The number of fused-ring (bicyclic) bond motifs is 1. The van der Waals surface area contributed by atoms with Gasteiger partial charge in [0.15, 0.2) is 0 Å². The molecular weight excluding hydrogens is 668 g/mol. The Balaban J connectivity index is 0.00000294. The molecule has 0 bridgehead atoms. The van der Waals surface area contributed by atoms with Crippen molar-refractivity contribution in [1.29, 1.82) is 0 Å². The van der Waals surface area contributed by atoms with E-state index in [9.17, 15) is 5.11 Å². The summed E-state index contributed by atoms with van der Waals surface area (Å²) in [5.74, 6) is 0.235. The molecule has 0 fully saturated rings. The molecule has 5 heteroatoms. The second-order valence-corrected chi connectivity index (χ2v) is 10.6. The molecular formula is C33H25N2OPtS-. The molecule has 0 atom stereocenters. The molecule has 4 aromatic carbocycles. The number of aromatic hydroxyl groups is 1. The summed E-state index contributed by atoms with van der Waals surface area (Å²) in [6, 6.07) is 38.2. The van der Waals surface area contributed by atoms with Gasteiger partial charge in [0.1, 0.15) is 10.8 Å². The van der Waals surface area contributed by atoms with Crippen molar-refractivity contribution >= 4 is 21.6 Å². The number of hydrogen-bond donors (Lipinski definition) is 1. The Morgan fingerprint density at radius 1 is 0.737 bits per heavy atom. The fourth-order valence-electron chi connectivity index (χ4n) is 4.69. The molecule has 6 rings (SSSR count). The summed E-state index contributed by atoms with van der Waals surface area (Å²) in [5.41, 5.74) is 7.66. The molecule has 0 aliphatic heterocycles. The fourth-order valence-corrected chi connectivity index (χ4v) is 5.72. The van der Waals surface area contributed by atoms with Gasteiger partial charge in [0.2, 0.25) is 0 Å². The second-order valence-electron chi connectivity index (χ2n) is 9.59. The van der Waals surface area contributed by atoms with E-state index in [0.29, 0.717) is 0 Å². The molecule has 0 amide bonds. The molecule has 0 unspecified atom stereocenters. The zero-order valence-corrected chi connectivity index (χ0v) is 24.0. The number of para-hydroxylation sites is 2. The molecule has 38 heavy (non-hydrogen) atoms. The summed E-state index contributed by atoms with van der Waals surface area (Å²) < 4.78 is 1.07. The summed E-state index contributed by atoms with van der Waals surface area (Å²) in [6.07, 6.45) is 1.82. The van der Waals surface area contributed by atoms with Crippen LogP contribution in [0.15, 0.2) is 109 Å². The molecule has 0 saturated heterocycles. The van der Waals surface area contributed by atoms with Gasteiger partial charge in [-0.1, -0.05) is 91.7 Å². The van der Waals surface area contributed by atoms with Crippen LogP contribution in [-0.2, 0) is 26.5 Å². The molecule has 190 valence electrons. The normalized spacial score (nSPS) is 11.3. The van der Waals surface area contributed by atoms with Crippen molar-refractivity contribution in [3.63, 3.8) is 0 Å². The second kappa shape index (κ2) is 10.6. The zero-order chi connectivity index (χ0) is 25.4.